The van der Waals surface area contributed by atoms with Crippen LogP contribution >= 0.6 is 15.9 Å². The predicted molar refractivity (Wildman–Crippen MR) is 135 cm³/mol. The number of ether oxygens (including phenoxy) is 2. The Bertz CT molecular complexity index is 1210. The third kappa shape index (κ3) is 4.13. The van der Waals surface area contributed by atoms with E-state index in [1.165, 1.54) is 4.90 Å². The smallest absolute Gasteiger partial charge is 0.312 e. The lowest BCUT2D eigenvalue weighted by atomic mass is 9.70. The average molecular weight is 578 g/mol. The van der Waals surface area contributed by atoms with E-state index in [9.17, 15) is 19.5 Å². The summed E-state index contributed by atoms with van der Waals surface area (Å²) < 4.78 is 13.3. The lowest BCUT2D eigenvalue weighted by Crippen LogP contribution is -2.58. The summed E-state index contributed by atoms with van der Waals surface area (Å²) in [6.07, 6.45) is 0.292. The van der Waals surface area contributed by atoms with Gasteiger partial charge in [0.05, 0.1) is 42.7 Å². The molecule has 12 heteroatoms. The highest BCUT2D eigenvalue weighted by molar-refractivity contribution is 9.09. The van der Waals surface area contributed by atoms with E-state index in [0.717, 1.165) is 5.52 Å². The fourth-order valence-corrected chi connectivity index (χ4v) is 7.31. The molecular formula is C25H32BrN5O6. The minimum atomic E-state index is -1.22. The number of halogens is 1. The van der Waals surface area contributed by atoms with Crippen molar-refractivity contribution in [1.82, 2.24) is 25.2 Å². The zero-order valence-electron chi connectivity index (χ0n) is 21.0. The number of benzene rings is 1. The molecule has 200 valence electrons. The molecule has 0 aliphatic carbocycles. The molecule has 11 nitrogen and oxygen atoms in total. The van der Waals surface area contributed by atoms with E-state index in [1.807, 2.05) is 38.1 Å². The molecule has 0 radical (unpaired) electrons. The first kappa shape index (κ1) is 26.1. The Labute approximate surface area is 223 Å². The van der Waals surface area contributed by atoms with Gasteiger partial charge in [0.1, 0.15) is 23.8 Å². The Kier molecular flexibility index (Phi) is 7.01. The minimum Gasteiger partial charge on any atom is -0.466 e. The van der Waals surface area contributed by atoms with E-state index in [1.54, 1.807) is 11.6 Å². The Hall–Kier alpha value is -2.57. The molecule has 3 fully saturated rings. The van der Waals surface area contributed by atoms with Crippen LogP contribution in [0.1, 0.15) is 33.6 Å². The first-order valence-electron chi connectivity index (χ1n) is 12.7. The van der Waals surface area contributed by atoms with Crippen molar-refractivity contribution in [2.75, 3.05) is 13.2 Å². The van der Waals surface area contributed by atoms with Crippen molar-refractivity contribution >= 4 is 44.7 Å². The number of nitrogens with zero attached hydrogens (tertiary/aromatic N) is 4. The van der Waals surface area contributed by atoms with Crippen molar-refractivity contribution in [3.05, 3.63) is 24.3 Å². The van der Waals surface area contributed by atoms with Crippen molar-refractivity contribution in [1.29, 1.82) is 0 Å². The molecule has 3 saturated heterocycles. The average Bonchev–Trinajstić information content (AvgIpc) is 3.58. The maximum Gasteiger partial charge on any atom is 0.312 e. The maximum absolute atomic E-state index is 14.0. The number of nitrogens with one attached hydrogen (secondary N) is 1. The van der Waals surface area contributed by atoms with Crippen LogP contribution in [0.3, 0.4) is 0 Å². The van der Waals surface area contributed by atoms with E-state index < -0.39 is 47.5 Å². The van der Waals surface area contributed by atoms with Crippen LogP contribution in [0.2, 0.25) is 0 Å². The molecule has 7 atom stereocenters. The number of carbonyl (C=O) groups excluding carboxylic acids is 3. The van der Waals surface area contributed by atoms with E-state index in [2.05, 4.69) is 31.6 Å². The number of carbonyl (C=O) groups is 3. The number of para-hydroxylation sites is 1. The lowest BCUT2D eigenvalue weighted by molar-refractivity contribution is -0.155. The minimum absolute atomic E-state index is 0.0368. The molecule has 3 aliphatic heterocycles. The van der Waals surface area contributed by atoms with Gasteiger partial charge in [-0.2, -0.15) is 0 Å². The van der Waals surface area contributed by atoms with Gasteiger partial charge in [0.2, 0.25) is 11.8 Å². The predicted octanol–water partition coefficient (Wildman–Crippen LogP) is 1.22. The number of aliphatic hydroxyl groups excluding tert-OH is 1. The van der Waals surface area contributed by atoms with Gasteiger partial charge in [0.25, 0.3) is 0 Å². The maximum atomic E-state index is 14.0. The fraction of sp³-hybridized carbons (Fsp3) is 0.640. The van der Waals surface area contributed by atoms with Crippen LogP contribution in [0.15, 0.2) is 24.3 Å². The molecule has 4 heterocycles. The number of esters is 1. The normalized spacial score (nSPS) is 31.2. The molecule has 2 amide bonds. The van der Waals surface area contributed by atoms with Crippen LogP contribution in [-0.4, -0.2) is 84.6 Å². The Morgan fingerprint density at radius 1 is 1.35 bits per heavy atom. The molecule has 3 aliphatic rings. The van der Waals surface area contributed by atoms with E-state index in [4.69, 9.17) is 9.47 Å². The molecule has 1 aromatic carbocycles. The third-order valence-electron chi connectivity index (χ3n) is 7.71. The Balaban J connectivity index is 1.50. The van der Waals surface area contributed by atoms with Gasteiger partial charge in [-0.05, 0) is 37.8 Å². The third-order valence-corrected chi connectivity index (χ3v) is 8.55. The second-order valence-corrected chi connectivity index (χ2v) is 11.6. The number of alkyl halides is 1. The summed E-state index contributed by atoms with van der Waals surface area (Å²) in [6.45, 7) is 5.60. The number of fused-ring (bicyclic) bond motifs is 2. The largest absolute Gasteiger partial charge is 0.466 e. The standard InChI is InChI=1S/C25H32BrN5O6/c1-4-36-24(35)18-19-23(34)31(14(11-32)9-13(2)3)21(25(19)10-15(26)20(18)37-25)22(33)27-12-30-17-8-6-5-7-16(17)28-29-30/h5-8,13-15,18-21,32H,4,9-12H2,1-3H3,(H,27,33)/t14-,15?,18-,19+,20-,21?,25?/m1/s1. The van der Waals surface area contributed by atoms with E-state index >= 15 is 0 Å². The molecule has 3 unspecified atom stereocenters. The quantitative estimate of drug-likeness (QED) is 0.335. The van der Waals surface area contributed by atoms with Crippen molar-refractivity contribution in [3.8, 4) is 0 Å². The highest BCUT2D eigenvalue weighted by atomic mass is 79.9. The summed E-state index contributed by atoms with van der Waals surface area (Å²) in [5.74, 6) is -2.82. The van der Waals surface area contributed by atoms with Crippen molar-refractivity contribution in [3.63, 3.8) is 0 Å². The van der Waals surface area contributed by atoms with Crippen molar-refractivity contribution in [2.24, 2.45) is 17.8 Å². The first-order chi connectivity index (χ1) is 17.7. The SMILES string of the molecule is CCOC(=O)[C@H]1[C@@H]2OC3(CC2Br)C(C(=O)NCn2nnc4ccccc42)N([C@@H](CO)CC(C)C)C(=O)[C@H]13. The summed E-state index contributed by atoms with van der Waals surface area (Å²) in [6, 6.07) is 5.77. The van der Waals surface area contributed by atoms with Crippen LogP contribution in [0.25, 0.3) is 11.0 Å². The first-order valence-corrected chi connectivity index (χ1v) is 13.6. The summed E-state index contributed by atoms with van der Waals surface area (Å²) in [4.78, 5) is 42.2. The van der Waals surface area contributed by atoms with Crippen LogP contribution in [0.5, 0.6) is 0 Å². The Morgan fingerprint density at radius 2 is 2.11 bits per heavy atom. The van der Waals surface area contributed by atoms with Crippen LogP contribution in [0, 0.1) is 17.8 Å². The summed E-state index contributed by atoms with van der Waals surface area (Å²) in [7, 11) is 0. The van der Waals surface area contributed by atoms with E-state index in [-0.39, 0.29) is 36.5 Å². The molecule has 5 rings (SSSR count). The topological polar surface area (TPSA) is 136 Å². The molecule has 2 N–H and O–H groups in total. The summed E-state index contributed by atoms with van der Waals surface area (Å²) in [5, 5.41) is 21.5. The summed E-state index contributed by atoms with van der Waals surface area (Å²) >= 11 is 3.63. The number of aliphatic hydroxyl groups is 1. The van der Waals surface area contributed by atoms with Gasteiger partial charge in [-0.1, -0.05) is 47.1 Å². The van der Waals surface area contributed by atoms with Crippen molar-refractivity contribution in [2.45, 2.75) is 68.9 Å². The monoisotopic (exact) mass is 577 g/mol. The van der Waals surface area contributed by atoms with Crippen LogP contribution in [0.4, 0.5) is 0 Å². The number of amides is 2. The molecule has 2 bridgehead atoms. The van der Waals surface area contributed by atoms with Crippen molar-refractivity contribution < 1.29 is 29.0 Å². The number of hydrogen-bond donors (Lipinski definition) is 2. The van der Waals surface area contributed by atoms with Gasteiger partial charge in [-0.15, -0.1) is 5.10 Å². The van der Waals surface area contributed by atoms with Crippen LogP contribution in [-0.2, 0) is 30.5 Å². The second-order valence-electron chi connectivity index (χ2n) is 10.4. The fourth-order valence-electron chi connectivity index (χ4n) is 6.37. The zero-order chi connectivity index (χ0) is 26.5. The molecule has 0 saturated carbocycles. The van der Waals surface area contributed by atoms with Gasteiger partial charge in [0.15, 0.2) is 0 Å². The second kappa shape index (κ2) is 9.95. The molecule has 37 heavy (non-hydrogen) atoms. The van der Waals surface area contributed by atoms with Gasteiger partial charge in [-0.3, -0.25) is 14.4 Å². The number of likely N-dealkylation sites (tertiary alicyclic amines) is 1. The number of hydrogen-bond acceptors (Lipinski definition) is 8. The highest BCUT2D eigenvalue weighted by Gasteiger charge is 2.77. The Morgan fingerprint density at radius 3 is 2.81 bits per heavy atom. The van der Waals surface area contributed by atoms with Crippen LogP contribution < -0.4 is 5.32 Å². The number of rotatable bonds is 9. The zero-order valence-corrected chi connectivity index (χ0v) is 22.6. The molecule has 1 spiro atoms. The number of aromatic nitrogens is 3. The van der Waals surface area contributed by atoms with Gasteiger partial charge < -0.3 is 24.8 Å². The molecule has 1 aromatic heterocycles. The highest BCUT2D eigenvalue weighted by Crippen LogP contribution is 2.60. The molecule has 2 aromatic rings. The summed E-state index contributed by atoms with van der Waals surface area (Å²) in [5.41, 5.74) is 0.237. The van der Waals surface area contributed by atoms with E-state index in [0.29, 0.717) is 18.4 Å². The van der Waals surface area contributed by atoms with Gasteiger partial charge >= 0.3 is 5.97 Å². The molecular weight excluding hydrogens is 546 g/mol. The van der Waals surface area contributed by atoms with Gasteiger partial charge in [0, 0.05) is 4.83 Å². The van der Waals surface area contributed by atoms with Gasteiger partial charge in [-0.25, -0.2) is 4.68 Å². The lowest BCUT2D eigenvalue weighted by Gasteiger charge is -2.37.